The predicted octanol–water partition coefficient (Wildman–Crippen LogP) is 4.76. The van der Waals surface area contributed by atoms with E-state index in [0.717, 1.165) is 50.1 Å². The van der Waals surface area contributed by atoms with Gasteiger partial charge in [0, 0.05) is 31.4 Å². The van der Waals surface area contributed by atoms with Crippen LogP contribution in [0.4, 0.5) is 5.95 Å². The van der Waals surface area contributed by atoms with Gasteiger partial charge in [-0.15, -0.1) is 0 Å². The Labute approximate surface area is 225 Å². The number of likely N-dealkylation sites (tertiary alicyclic amines) is 1. The van der Waals surface area contributed by atoms with Crippen LogP contribution in [-0.2, 0) is 17.6 Å². The topological polar surface area (TPSA) is 95.9 Å². The van der Waals surface area contributed by atoms with Gasteiger partial charge in [0.15, 0.2) is 0 Å². The molecule has 38 heavy (non-hydrogen) atoms. The van der Waals surface area contributed by atoms with Crippen molar-refractivity contribution in [3.8, 4) is 5.75 Å². The van der Waals surface area contributed by atoms with Crippen LogP contribution < -0.4 is 9.64 Å². The molecule has 0 radical (unpaired) electrons. The van der Waals surface area contributed by atoms with Gasteiger partial charge in [-0.2, -0.15) is 0 Å². The van der Waals surface area contributed by atoms with Crippen molar-refractivity contribution in [2.75, 3.05) is 31.6 Å². The summed E-state index contributed by atoms with van der Waals surface area (Å²) in [5, 5.41) is 9.77. The molecular formula is C30H40N4O4. The summed E-state index contributed by atoms with van der Waals surface area (Å²) < 4.78 is 5.48. The quantitative estimate of drug-likeness (QED) is 0.536. The molecule has 0 bridgehead atoms. The minimum atomic E-state index is -0.963. The number of anilines is 1. The van der Waals surface area contributed by atoms with Crippen molar-refractivity contribution in [3.63, 3.8) is 0 Å². The van der Waals surface area contributed by atoms with Gasteiger partial charge in [-0.1, -0.05) is 56.7 Å². The smallest absolute Gasteiger partial charge is 0.339 e. The Morgan fingerprint density at radius 3 is 2.63 bits per heavy atom. The third-order valence-electron chi connectivity index (χ3n) is 8.77. The van der Waals surface area contributed by atoms with Gasteiger partial charge in [0.1, 0.15) is 5.75 Å². The molecule has 204 valence electrons. The van der Waals surface area contributed by atoms with Gasteiger partial charge < -0.3 is 19.6 Å². The maximum absolute atomic E-state index is 13.5. The lowest BCUT2D eigenvalue weighted by Crippen LogP contribution is -2.45. The maximum Gasteiger partial charge on any atom is 0.339 e. The van der Waals surface area contributed by atoms with Crippen LogP contribution in [-0.4, -0.2) is 64.6 Å². The number of carboxylic acids is 1. The van der Waals surface area contributed by atoms with Crippen LogP contribution >= 0.6 is 0 Å². The highest BCUT2D eigenvalue weighted by Crippen LogP contribution is 2.33. The van der Waals surface area contributed by atoms with E-state index >= 15 is 0 Å². The van der Waals surface area contributed by atoms with Crippen molar-refractivity contribution in [3.05, 3.63) is 47.3 Å². The Bertz CT molecular complexity index is 1130. The van der Waals surface area contributed by atoms with Gasteiger partial charge in [-0.05, 0) is 43.6 Å². The first-order valence-corrected chi connectivity index (χ1v) is 14.3. The molecule has 1 aromatic heterocycles. The number of aromatic carboxylic acids is 1. The second kappa shape index (κ2) is 12.1. The van der Waals surface area contributed by atoms with E-state index in [2.05, 4.69) is 14.8 Å². The molecule has 1 N–H and O–H groups in total. The number of para-hydroxylation sites is 1. The minimum Gasteiger partial charge on any atom is -0.496 e. The summed E-state index contributed by atoms with van der Waals surface area (Å²) in [7, 11) is 1.64. The molecule has 1 saturated carbocycles. The molecule has 2 saturated heterocycles. The monoisotopic (exact) mass is 520 g/mol. The predicted molar refractivity (Wildman–Crippen MR) is 146 cm³/mol. The normalized spacial score (nSPS) is 22.1. The Morgan fingerprint density at radius 1 is 1.05 bits per heavy atom. The Kier molecular flexibility index (Phi) is 8.45. The van der Waals surface area contributed by atoms with Crippen LogP contribution in [0.2, 0.25) is 0 Å². The molecule has 3 aliphatic rings. The highest BCUT2D eigenvalue weighted by molar-refractivity contribution is 5.88. The molecule has 8 heteroatoms. The molecule has 2 atom stereocenters. The molecule has 1 amide bonds. The number of carbonyl (C=O) groups excluding carboxylic acids is 1. The first-order chi connectivity index (χ1) is 18.5. The van der Waals surface area contributed by atoms with Crippen molar-refractivity contribution < 1.29 is 19.4 Å². The van der Waals surface area contributed by atoms with Crippen LogP contribution in [0.1, 0.15) is 79.4 Å². The molecule has 8 nitrogen and oxygen atoms in total. The van der Waals surface area contributed by atoms with Crippen molar-refractivity contribution in [1.82, 2.24) is 14.9 Å². The number of nitrogens with zero attached hydrogens (tertiary/aromatic N) is 4. The number of aryl methyl sites for hydroxylation is 1. The zero-order chi connectivity index (χ0) is 26.5. The zero-order valence-electron chi connectivity index (χ0n) is 22.5. The molecule has 2 aromatic rings. The lowest BCUT2D eigenvalue weighted by molar-refractivity contribution is -0.132. The number of benzene rings is 1. The van der Waals surface area contributed by atoms with Crippen LogP contribution in [0.25, 0.3) is 0 Å². The second-order valence-electron chi connectivity index (χ2n) is 11.2. The van der Waals surface area contributed by atoms with Gasteiger partial charge in [0.05, 0.1) is 30.8 Å². The van der Waals surface area contributed by atoms with Crippen molar-refractivity contribution >= 4 is 17.8 Å². The molecule has 1 aromatic carbocycles. The molecule has 2 aliphatic heterocycles. The lowest BCUT2D eigenvalue weighted by atomic mass is 9.85. The van der Waals surface area contributed by atoms with E-state index in [0.29, 0.717) is 42.9 Å². The van der Waals surface area contributed by atoms with Crippen LogP contribution in [0.3, 0.4) is 0 Å². The Hall–Kier alpha value is -3.16. The Balaban J connectivity index is 1.31. The van der Waals surface area contributed by atoms with Crippen LogP contribution in [0.5, 0.6) is 5.75 Å². The lowest BCUT2D eigenvalue weighted by Gasteiger charge is -2.30. The molecule has 3 heterocycles. The van der Waals surface area contributed by atoms with Crippen molar-refractivity contribution in [1.29, 1.82) is 0 Å². The third kappa shape index (κ3) is 5.94. The number of hydrogen-bond donors (Lipinski definition) is 1. The summed E-state index contributed by atoms with van der Waals surface area (Å²) in [4.78, 5) is 39.0. The van der Waals surface area contributed by atoms with E-state index in [-0.39, 0.29) is 17.5 Å². The van der Waals surface area contributed by atoms with Gasteiger partial charge >= 0.3 is 5.97 Å². The molecule has 3 fully saturated rings. The van der Waals surface area contributed by atoms with Gasteiger partial charge in [-0.3, -0.25) is 4.79 Å². The second-order valence-corrected chi connectivity index (χ2v) is 11.2. The molecule has 0 unspecified atom stereocenters. The number of rotatable bonds is 8. The standard InChI is InChI=1S/C30H40N4O4/c1-38-27-13-6-5-11-22(27)17-28(35)34-16-8-7-12-23-19-33(20-26(23)34)30-31-18-24(29(36)37)25(32-30)15-14-21-9-3-2-4-10-21/h5-6,11,13,18,21,23,26H,2-4,7-10,12,14-17,19-20H2,1H3,(H,36,37)/t23-,26-/m0/s1. The van der Waals surface area contributed by atoms with Crippen LogP contribution in [0.15, 0.2) is 30.5 Å². The van der Waals surface area contributed by atoms with E-state index in [1.807, 2.05) is 24.3 Å². The highest BCUT2D eigenvalue weighted by atomic mass is 16.5. The fourth-order valence-electron chi connectivity index (χ4n) is 6.68. The first kappa shape index (κ1) is 26.4. The van der Waals surface area contributed by atoms with Gasteiger partial charge in [0.25, 0.3) is 0 Å². The maximum atomic E-state index is 13.5. The highest BCUT2D eigenvalue weighted by Gasteiger charge is 2.40. The fraction of sp³-hybridized carbons (Fsp3) is 0.600. The molecular weight excluding hydrogens is 480 g/mol. The average Bonchev–Trinajstić information content (AvgIpc) is 3.26. The third-order valence-corrected chi connectivity index (χ3v) is 8.77. The van der Waals surface area contributed by atoms with Crippen molar-refractivity contribution in [2.24, 2.45) is 11.8 Å². The number of methoxy groups -OCH3 is 1. The van der Waals surface area contributed by atoms with E-state index in [1.54, 1.807) is 7.11 Å². The van der Waals surface area contributed by atoms with E-state index < -0.39 is 5.97 Å². The summed E-state index contributed by atoms with van der Waals surface area (Å²) in [5.74, 6) is 1.52. The van der Waals surface area contributed by atoms with E-state index in [4.69, 9.17) is 9.72 Å². The fourth-order valence-corrected chi connectivity index (χ4v) is 6.68. The summed E-state index contributed by atoms with van der Waals surface area (Å²) in [6, 6.07) is 7.82. The van der Waals surface area contributed by atoms with E-state index in [1.165, 1.54) is 38.3 Å². The largest absolute Gasteiger partial charge is 0.496 e. The molecule has 0 spiro atoms. The summed E-state index contributed by atoms with van der Waals surface area (Å²) in [6.45, 7) is 2.23. The SMILES string of the molecule is COc1ccccc1CC(=O)N1CCCC[C@H]2CN(c3ncc(C(=O)O)c(CCC4CCCCC4)n3)C[C@@H]21. The zero-order valence-corrected chi connectivity index (χ0v) is 22.5. The summed E-state index contributed by atoms with van der Waals surface area (Å²) >= 11 is 0. The number of carbonyl (C=O) groups is 2. The molecule has 1 aliphatic carbocycles. The number of carboxylic acid groups (broad SMARTS) is 1. The van der Waals surface area contributed by atoms with Crippen LogP contribution in [0, 0.1) is 11.8 Å². The number of ether oxygens (including phenoxy) is 1. The van der Waals surface area contributed by atoms with Gasteiger partial charge in [0.2, 0.25) is 11.9 Å². The Morgan fingerprint density at radius 2 is 1.84 bits per heavy atom. The van der Waals surface area contributed by atoms with E-state index in [9.17, 15) is 14.7 Å². The first-order valence-electron chi connectivity index (χ1n) is 14.3. The summed E-state index contributed by atoms with van der Waals surface area (Å²) in [6.07, 6.45) is 13.0. The summed E-state index contributed by atoms with van der Waals surface area (Å²) in [5.41, 5.74) is 1.77. The minimum absolute atomic E-state index is 0.105. The van der Waals surface area contributed by atoms with Gasteiger partial charge in [-0.25, -0.2) is 14.8 Å². The number of fused-ring (bicyclic) bond motifs is 1. The molecule has 5 rings (SSSR count). The number of aromatic nitrogens is 2. The number of hydrogen-bond acceptors (Lipinski definition) is 6. The average molecular weight is 521 g/mol. The number of amides is 1. The van der Waals surface area contributed by atoms with Crippen molar-refractivity contribution in [2.45, 2.75) is 76.7 Å².